The monoisotopic (exact) mass is 303 g/mol. The summed E-state index contributed by atoms with van der Waals surface area (Å²) in [6.07, 6.45) is 6.67. The summed E-state index contributed by atoms with van der Waals surface area (Å²) in [6, 6.07) is 7.57. The fourth-order valence-corrected chi connectivity index (χ4v) is 4.03. The Bertz CT molecular complexity index is 613. The van der Waals surface area contributed by atoms with Crippen LogP contribution in [0.25, 0.3) is 0 Å². The van der Waals surface area contributed by atoms with E-state index in [1.807, 2.05) is 42.7 Å². The van der Waals surface area contributed by atoms with E-state index in [0.717, 1.165) is 17.0 Å². The minimum Gasteiger partial charge on any atom is -0.481 e. The number of hydrogen-bond donors (Lipinski definition) is 2. The van der Waals surface area contributed by atoms with Gasteiger partial charge in [0.1, 0.15) is 0 Å². The maximum Gasteiger partial charge on any atom is 0.307 e. The summed E-state index contributed by atoms with van der Waals surface area (Å²) < 4.78 is 0. The molecule has 3 rings (SSSR count). The Hall–Kier alpha value is -1.75. The Kier molecular flexibility index (Phi) is 3.76. The van der Waals surface area contributed by atoms with Gasteiger partial charge in [0.15, 0.2) is 0 Å². The number of anilines is 1. The molecule has 2 aliphatic carbocycles. The first-order valence-electron chi connectivity index (χ1n) is 6.97. The molecule has 1 saturated carbocycles. The number of carbonyl (C=O) groups excluding carboxylic acids is 1. The van der Waals surface area contributed by atoms with E-state index in [1.165, 1.54) is 0 Å². The molecule has 21 heavy (non-hydrogen) atoms. The lowest BCUT2D eigenvalue weighted by Crippen LogP contribution is -2.36. The van der Waals surface area contributed by atoms with Crippen LogP contribution in [-0.2, 0) is 9.59 Å². The van der Waals surface area contributed by atoms with E-state index >= 15 is 0 Å². The SMILES string of the molecule is CSc1ccccc1NC(=O)C1C2C=CC(C2)C1C(=O)O. The molecule has 0 aliphatic heterocycles. The first kappa shape index (κ1) is 14.2. The van der Waals surface area contributed by atoms with Crippen LogP contribution in [0.1, 0.15) is 6.42 Å². The van der Waals surface area contributed by atoms with Crippen LogP contribution in [0.5, 0.6) is 0 Å². The van der Waals surface area contributed by atoms with E-state index in [-0.39, 0.29) is 17.7 Å². The average Bonchev–Trinajstić information content (AvgIpc) is 3.08. The first-order valence-corrected chi connectivity index (χ1v) is 8.19. The van der Waals surface area contributed by atoms with Crippen molar-refractivity contribution in [3.8, 4) is 0 Å². The molecule has 1 amide bonds. The third-order valence-corrected chi connectivity index (χ3v) is 5.21. The number of nitrogens with one attached hydrogen (secondary N) is 1. The number of carbonyl (C=O) groups is 2. The lowest BCUT2D eigenvalue weighted by molar-refractivity contribution is -0.146. The molecule has 4 nitrogen and oxygen atoms in total. The normalized spacial score (nSPS) is 29.6. The molecule has 2 bridgehead atoms. The minimum absolute atomic E-state index is 0.000885. The number of amides is 1. The van der Waals surface area contributed by atoms with Crippen LogP contribution in [0.3, 0.4) is 0 Å². The number of hydrogen-bond acceptors (Lipinski definition) is 3. The van der Waals surface area contributed by atoms with Crippen molar-refractivity contribution in [1.29, 1.82) is 0 Å². The van der Waals surface area contributed by atoms with E-state index in [4.69, 9.17) is 0 Å². The second-order valence-electron chi connectivity index (χ2n) is 5.53. The lowest BCUT2D eigenvalue weighted by Gasteiger charge is -2.24. The van der Waals surface area contributed by atoms with E-state index < -0.39 is 17.8 Å². The Balaban J connectivity index is 1.82. The second-order valence-corrected chi connectivity index (χ2v) is 6.38. The summed E-state index contributed by atoms with van der Waals surface area (Å²) in [4.78, 5) is 25.0. The lowest BCUT2D eigenvalue weighted by atomic mass is 9.82. The zero-order valence-electron chi connectivity index (χ0n) is 11.7. The molecule has 4 atom stereocenters. The summed E-state index contributed by atoms with van der Waals surface area (Å²) in [6.45, 7) is 0. The smallest absolute Gasteiger partial charge is 0.307 e. The van der Waals surface area contributed by atoms with Crippen molar-refractivity contribution < 1.29 is 14.7 Å². The predicted molar refractivity (Wildman–Crippen MR) is 82.2 cm³/mol. The zero-order valence-corrected chi connectivity index (χ0v) is 12.5. The topological polar surface area (TPSA) is 66.4 Å². The number of para-hydroxylation sites is 1. The van der Waals surface area contributed by atoms with Gasteiger partial charge in [-0.1, -0.05) is 24.3 Å². The third kappa shape index (κ3) is 2.46. The molecular weight excluding hydrogens is 286 g/mol. The molecule has 2 N–H and O–H groups in total. The van der Waals surface area contributed by atoms with Gasteiger partial charge >= 0.3 is 5.97 Å². The fraction of sp³-hybridized carbons (Fsp3) is 0.375. The first-order chi connectivity index (χ1) is 10.1. The maximum absolute atomic E-state index is 12.6. The number of fused-ring (bicyclic) bond motifs is 2. The maximum atomic E-state index is 12.6. The molecule has 0 heterocycles. The highest BCUT2D eigenvalue weighted by Gasteiger charge is 2.51. The molecule has 0 saturated heterocycles. The van der Waals surface area contributed by atoms with Crippen LogP contribution in [0.4, 0.5) is 5.69 Å². The standard InChI is InChI=1S/C16H17NO3S/c1-21-12-5-3-2-4-11(12)17-15(18)13-9-6-7-10(8-9)14(13)16(19)20/h2-7,9-10,13-14H,8H2,1H3,(H,17,18)(H,19,20). The summed E-state index contributed by atoms with van der Waals surface area (Å²) in [5.41, 5.74) is 0.755. The largest absolute Gasteiger partial charge is 0.481 e. The number of aliphatic carboxylic acids is 1. The van der Waals surface area contributed by atoms with Gasteiger partial charge in [-0.2, -0.15) is 0 Å². The Morgan fingerprint density at radius 2 is 1.86 bits per heavy atom. The van der Waals surface area contributed by atoms with Crippen LogP contribution >= 0.6 is 11.8 Å². The number of benzene rings is 1. The van der Waals surface area contributed by atoms with Crippen LogP contribution in [-0.4, -0.2) is 23.2 Å². The number of allylic oxidation sites excluding steroid dienone is 2. The summed E-state index contributed by atoms with van der Waals surface area (Å²) >= 11 is 1.56. The molecule has 2 aliphatic rings. The van der Waals surface area contributed by atoms with Gasteiger partial charge in [-0.15, -0.1) is 11.8 Å². The number of thioether (sulfide) groups is 1. The number of rotatable bonds is 4. The summed E-state index contributed by atoms with van der Waals surface area (Å²) in [5, 5.41) is 12.3. The van der Waals surface area contributed by atoms with Gasteiger partial charge in [0, 0.05) is 4.90 Å². The molecule has 110 valence electrons. The molecule has 0 radical (unpaired) electrons. The van der Waals surface area contributed by atoms with Gasteiger partial charge in [0.2, 0.25) is 5.91 Å². The molecule has 1 aromatic carbocycles. The van der Waals surface area contributed by atoms with Gasteiger partial charge in [-0.3, -0.25) is 9.59 Å². The van der Waals surface area contributed by atoms with Gasteiger partial charge in [0.05, 0.1) is 17.5 Å². The van der Waals surface area contributed by atoms with Crippen molar-refractivity contribution >= 4 is 29.3 Å². The Morgan fingerprint density at radius 1 is 1.19 bits per heavy atom. The van der Waals surface area contributed by atoms with Crippen molar-refractivity contribution in [1.82, 2.24) is 0 Å². The van der Waals surface area contributed by atoms with Crippen LogP contribution in [0.2, 0.25) is 0 Å². The van der Waals surface area contributed by atoms with Crippen molar-refractivity contribution in [3.05, 3.63) is 36.4 Å². The highest BCUT2D eigenvalue weighted by molar-refractivity contribution is 7.98. The predicted octanol–water partition coefficient (Wildman–Crippen LogP) is 2.87. The van der Waals surface area contributed by atoms with Crippen LogP contribution in [0.15, 0.2) is 41.3 Å². The van der Waals surface area contributed by atoms with Gasteiger partial charge < -0.3 is 10.4 Å². The van der Waals surface area contributed by atoms with E-state index in [2.05, 4.69) is 5.32 Å². The highest BCUT2D eigenvalue weighted by atomic mass is 32.2. The molecule has 5 heteroatoms. The number of carboxylic acid groups (broad SMARTS) is 1. The summed E-state index contributed by atoms with van der Waals surface area (Å²) in [7, 11) is 0. The Labute approximate surface area is 127 Å². The number of carboxylic acids is 1. The van der Waals surface area contributed by atoms with Crippen LogP contribution < -0.4 is 5.32 Å². The average molecular weight is 303 g/mol. The van der Waals surface area contributed by atoms with E-state index in [1.54, 1.807) is 11.8 Å². The molecule has 1 aromatic rings. The van der Waals surface area contributed by atoms with Crippen LogP contribution in [0, 0.1) is 23.7 Å². The van der Waals surface area contributed by atoms with E-state index in [9.17, 15) is 14.7 Å². The van der Waals surface area contributed by atoms with Crippen molar-refractivity contribution in [2.24, 2.45) is 23.7 Å². The van der Waals surface area contributed by atoms with E-state index in [0.29, 0.717) is 0 Å². The van der Waals surface area contributed by atoms with Crippen molar-refractivity contribution in [3.63, 3.8) is 0 Å². The quantitative estimate of drug-likeness (QED) is 0.663. The molecule has 0 aromatic heterocycles. The fourth-order valence-electron chi connectivity index (χ4n) is 3.48. The summed E-state index contributed by atoms with van der Waals surface area (Å²) in [5.74, 6) is -2.06. The third-order valence-electron chi connectivity index (χ3n) is 4.41. The molecule has 4 unspecified atom stereocenters. The van der Waals surface area contributed by atoms with Crippen molar-refractivity contribution in [2.45, 2.75) is 11.3 Å². The van der Waals surface area contributed by atoms with Gasteiger partial charge in [0.25, 0.3) is 0 Å². The molecule has 0 spiro atoms. The molecule has 1 fully saturated rings. The Morgan fingerprint density at radius 3 is 2.52 bits per heavy atom. The van der Waals surface area contributed by atoms with Crippen molar-refractivity contribution in [2.75, 3.05) is 11.6 Å². The minimum atomic E-state index is -0.870. The van der Waals surface area contributed by atoms with Gasteiger partial charge in [-0.25, -0.2) is 0 Å². The highest BCUT2D eigenvalue weighted by Crippen LogP contribution is 2.48. The van der Waals surface area contributed by atoms with Gasteiger partial charge in [-0.05, 0) is 36.6 Å². The second kappa shape index (κ2) is 5.56. The zero-order chi connectivity index (χ0) is 15.0. The molecular formula is C16H17NO3S.